The van der Waals surface area contributed by atoms with Gasteiger partial charge in [-0.15, -0.1) is 10.2 Å². The van der Waals surface area contributed by atoms with Crippen LogP contribution in [-0.4, -0.2) is 28.1 Å². The van der Waals surface area contributed by atoms with Crippen LogP contribution < -0.4 is 5.32 Å². The van der Waals surface area contributed by atoms with Gasteiger partial charge in [0.05, 0.1) is 17.0 Å². The summed E-state index contributed by atoms with van der Waals surface area (Å²) in [6.07, 6.45) is 1.93. The number of thioether (sulfide) groups is 2. The van der Waals surface area contributed by atoms with Crippen molar-refractivity contribution in [1.29, 1.82) is 5.26 Å². The Hall–Kier alpha value is -1.56. The summed E-state index contributed by atoms with van der Waals surface area (Å²) in [5.41, 5.74) is 0.981. The smallest absolute Gasteiger partial charge is 0.234 e. The van der Waals surface area contributed by atoms with Gasteiger partial charge in [0.1, 0.15) is 6.07 Å². The number of carbonyl (C=O) groups excluding carboxylic acids is 1. The molecule has 1 heterocycles. The summed E-state index contributed by atoms with van der Waals surface area (Å²) in [5, 5.41) is 19.6. The molecule has 0 saturated carbocycles. The molecule has 0 aliphatic carbocycles. The van der Waals surface area contributed by atoms with Gasteiger partial charge in [0.25, 0.3) is 0 Å². The van der Waals surface area contributed by atoms with E-state index in [1.807, 2.05) is 12.3 Å². The number of nitriles is 1. The van der Waals surface area contributed by atoms with Crippen LogP contribution in [0.5, 0.6) is 0 Å². The fourth-order valence-electron chi connectivity index (χ4n) is 1.34. The number of aromatic nitrogens is 2. The molecule has 0 aliphatic rings. The summed E-state index contributed by atoms with van der Waals surface area (Å²) in [6, 6.07) is 8.95. The molecule has 0 spiro atoms. The summed E-state index contributed by atoms with van der Waals surface area (Å²) < 4.78 is 1.64. The summed E-state index contributed by atoms with van der Waals surface area (Å²) in [6.45, 7) is 0. The molecule has 1 aromatic carbocycles. The summed E-state index contributed by atoms with van der Waals surface area (Å²) in [5.74, 6) is 0.0709. The Morgan fingerprint density at radius 2 is 2.15 bits per heavy atom. The third-order valence-electron chi connectivity index (χ3n) is 2.21. The number of hydrogen-bond acceptors (Lipinski definition) is 7. The molecule has 0 radical (unpaired) electrons. The van der Waals surface area contributed by atoms with Gasteiger partial charge in [-0.1, -0.05) is 47.0 Å². The van der Waals surface area contributed by atoms with Crippen molar-refractivity contribution in [3.63, 3.8) is 0 Å². The van der Waals surface area contributed by atoms with E-state index in [1.54, 1.807) is 24.3 Å². The van der Waals surface area contributed by atoms with Crippen LogP contribution in [0.15, 0.2) is 32.9 Å². The monoisotopic (exact) mass is 322 g/mol. The van der Waals surface area contributed by atoms with Gasteiger partial charge in [0.15, 0.2) is 8.68 Å². The van der Waals surface area contributed by atoms with Crippen LogP contribution in [0, 0.1) is 11.3 Å². The molecule has 2 rings (SSSR count). The van der Waals surface area contributed by atoms with Gasteiger partial charge in [-0.2, -0.15) is 5.26 Å². The van der Waals surface area contributed by atoms with Crippen molar-refractivity contribution in [1.82, 2.24) is 10.2 Å². The van der Waals surface area contributed by atoms with E-state index in [9.17, 15) is 4.79 Å². The lowest BCUT2D eigenvalue weighted by Gasteiger charge is -2.05. The number of benzene rings is 1. The Bertz CT molecular complexity index is 650. The number of nitrogens with zero attached hydrogens (tertiary/aromatic N) is 3. The molecule has 102 valence electrons. The first kappa shape index (κ1) is 14.8. The summed E-state index contributed by atoms with van der Waals surface area (Å²) >= 11 is 4.32. The van der Waals surface area contributed by atoms with Crippen molar-refractivity contribution < 1.29 is 4.79 Å². The highest BCUT2D eigenvalue weighted by Crippen LogP contribution is 2.27. The second-order valence-corrected chi connectivity index (χ2v) is 6.79. The average molecular weight is 322 g/mol. The maximum absolute atomic E-state index is 11.8. The van der Waals surface area contributed by atoms with Crippen LogP contribution in [0.25, 0.3) is 0 Å². The van der Waals surface area contributed by atoms with Gasteiger partial charge < -0.3 is 5.32 Å². The van der Waals surface area contributed by atoms with E-state index in [0.29, 0.717) is 11.3 Å². The van der Waals surface area contributed by atoms with Gasteiger partial charge in [-0.05, 0) is 18.4 Å². The van der Waals surface area contributed by atoms with E-state index in [-0.39, 0.29) is 11.7 Å². The van der Waals surface area contributed by atoms with E-state index in [1.165, 1.54) is 34.9 Å². The number of rotatable bonds is 5. The molecule has 0 unspecified atom stereocenters. The molecular formula is C12H10N4OS3. The first-order valence-corrected chi connectivity index (χ1v) is 8.55. The predicted octanol–water partition coefficient (Wildman–Crippen LogP) is 2.86. The third-order valence-corrected chi connectivity index (χ3v) is 5.24. The van der Waals surface area contributed by atoms with E-state index in [4.69, 9.17) is 5.26 Å². The van der Waals surface area contributed by atoms with Crippen LogP contribution in [0.1, 0.15) is 5.56 Å². The fraction of sp³-hybridized carbons (Fsp3) is 0.167. The van der Waals surface area contributed by atoms with Crippen LogP contribution >= 0.6 is 34.9 Å². The zero-order valence-electron chi connectivity index (χ0n) is 10.5. The van der Waals surface area contributed by atoms with Crippen molar-refractivity contribution in [2.75, 3.05) is 17.3 Å². The third kappa shape index (κ3) is 3.96. The first-order valence-electron chi connectivity index (χ1n) is 5.52. The van der Waals surface area contributed by atoms with Gasteiger partial charge in [-0.3, -0.25) is 4.79 Å². The van der Waals surface area contributed by atoms with Crippen molar-refractivity contribution in [3.8, 4) is 6.07 Å². The maximum atomic E-state index is 11.8. The summed E-state index contributed by atoms with van der Waals surface area (Å²) in [4.78, 5) is 11.8. The zero-order chi connectivity index (χ0) is 14.4. The zero-order valence-corrected chi connectivity index (χ0v) is 12.9. The van der Waals surface area contributed by atoms with Crippen molar-refractivity contribution in [2.45, 2.75) is 8.68 Å². The van der Waals surface area contributed by atoms with Gasteiger partial charge in [0, 0.05) is 0 Å². The van der Waals surface area contributed by atoms with Crippen molar-refractivity contribution >= 4 is 46.5 Å². The lowest BCUT2D eigenvalue weighted by Crippen LogP contribution is -2.14. The SMILES string of the molecule is CSc1nnc(SCC(=O)Nc2ccccc2C#N)s1. The Labute approximate surface area is 128 Å². The molecule has 2 aromatic rings. The Morgan fingerprint density at radius 3 is 2.85 bits per heavy atom. The van der Waals surface area contributed by atoms with E-state index in [2.05, 4.69) is 15.5 Å². The standard InChI is InChI=1S/C12H10N4OS3/c1-18-11-15-16-12(20-11)19-7-10(17)14-9-5-3-2-4-8(9)6-13/h2-5H,7H2,1H3,(H,14,17). The Morgan fingerprint density at radius 1 is 1.40 bits per heavy atom. The highest BCUT2D eigenvalue weighted by atomic mass is 32.2. The number of nitrogens with one attached hydrogen (secondary N) is 1. The van der Waals surface area contributed by atoms with Crippen LogP contribution in [0.2, 0.25) is 0 Å². The molecule has 0 atom stereocenters. The van der Waals surface area contributed by atoms with Crippen LogP contribution in [-0.2, 0) is 4.79 Å². The Kier molecular flexibility index (Phi) is 5.40. The molecule has 0 aliphatic heterocycles. The fourth-order valence-corrected chi connectivity index (χ4v) is 3.58. The molecular weight excluding hydrogens is 312 g/mol. The minimum absolute atomic E-state index is 0.168. The van der Waals surface area contributed by atoms with E-state index >= 15 is 0 Å². The molecule has 0 fully saturated rings. The lowest BCUT2D eigenvalue weighted by atomic mass is 10.2. The van der Waals surface area contributed by atoms with Crippen LogP contribution in [0.4, 0.5) is 5.69 Å². The minimum Gasteiger partial charge on any atom is -0.324 e. The predicted molar refractivity (Wildman–Crippen MR) is 82.2 cm³/mol. The minimum atomic E-state index is -0.168. The van der Waals surface area contributed by atoms with Gasteiger partial charge in [-0.25, -0.2) is 0 Å². The number of carbonyl (C=O) groups is 1. The molecule has 1 N–H and O–H groups in total. The van der Waals surface area contributed by atoms with Crippen molar-refractivity contribution in [2.24, 2.45) is 0 Å². The van der Waals surface area contributed by atoms with Crippen LogP contribution in [0.3, 0.4) is 0 Å². The normalized spacial score (nSPS) is 10.0. The van der Waals surface area contributed by atoms with E-state index in [0.717, 1.165) is 8.68 Å². The average Bonchev–Trinajstić information content (AvgIpc) is 2.94. The molecule has 0 saturated heterocycles. The topological polar surface area (TPSA) is 78.7 Å². The number of para-hydroxylation sites is 1. The van der Waals surface area contributed by atoms with Gasteiger partial charge >= 0.3 is 0 Å². The highest BCUT2D eigenvalue weighted by Gasteiger charge is 2.09. The number of hydrogen-bond donors (Lipinski definition) is 1. The van der Waals surface area contributed by atoms with E-state index < -0.39 is 0 Å². The largest absolute Gasteiger partial charge is 0.324 e. The number of anilines is 1. The van der Waals surface area contributed by atoms with Gasteiger partial charge in [0.2, 0.25) is 5.91 Å². The molecule has 0 bridgehead atoms. The highest BCUT2D eigenvalue weighted by molar-refractivity contribution is 8.03. The summed E-state index contributed by atoms with van der Waals surface area (Å²) in [7, 11) is 0. The Balaban J connectivity index is 1.91. The van der Waals surface area contributed by atoms with Crippen molar-refractivity contribution in [3.05, 3.63) is 29.8 Å². The molecule has 1 aromatic heterocycles. The molecule has 20 heavy (non-hydrogen) atoms. The second kappa shape index (κ2) is 7.28. The molecule has 5 nitrogen and oxygen atoms in total. The number of amides is 1. The second-order valence-electron chi connectivity index (χ2n) is 3.53. The maximum Gasteiger partial charge on any atom is 0.234 e. The molecule has 1 amide bonds. The quantitative estimate of drug-likeness (QED) is 0.853. The molecule has 8 heteroatoms. The first-order chi connectivity index (χ1) is 9.72. The lowest BCUT2D eigenvalue weighted by molar-refractivity contribution is -0.113.